The molecule has 86 valence electrons. The van der Waals surface area contributed by atoms with Crippen molar-refractivity contribution in [3.05, 3.63) is 28.2 Å². The molecule has 0 fully saturated rings. The van der Waals surface area contributed by atoms with Crippen LogP contribution in [0.15, 0.2) is 23.2 Å². The summed E-state index contributed by atoms with van der Waals surface area (Å²) < 4.78 is 0. The van der Waals surface area contributed by atoms with Crippen molar-refractivity contribution in [1.82, 2.24) is 5.32 Å². The molecule has 0 heterocycles. The van der Waals surface area contributed by atoms with Crippen LogP contribution < -0.4 is 11.1 Å². The van der Waals surface area contributed by atoms with Gasteiger partial charge in [-0.15, -0.1) is 0 Å². The quantitative estimate of drug-likeness (QED) is 0.612. The van der Waals surface area contributed by atoms with Gasteiger partial charge < -0.3 is 5.73 Å². The number of halogens is 2. The van der Waals surface area contributed by atoms with Crippen molar-refractivity contribution in [1.29, 1.82) is 0 Å². The minimum absolute atomic E-state index is 0.336. The summed E-state index contributed by atoms with van der Waals surface area (Å²) in [5, 5.41) is 3.52. The van der Waals surface area contributed by atoms with Crippen LogP contribution in [0, 0.1) is 0 Å². The summed E-state index contributed by atoms with van der Waals surface area (Å²) >= 11 is 13.1. The van der Waals surface area contributed by atoms with E-state index < -0.39 is 6.03 Å². The molecule has 0 aromatic heterocycles. The lowest BCUT2D eigenvalue weighted by atomic mass is 10.3. The predicted molar refractivity (Wildman–Crippen MR) is 69.8 cm³/mol. The number of aliphatic imine (C=N–C) groups is 1. The zero-order valence-corrected chi connectivity index (χ0v) is 10.7. The van der Waals surface area contributed by atoms with Crippen molar-refractivity contribution in [3.63, 3.8) is 0 Å². The highest BCUT2D eigenvalue weighted by Crippen LogP contribution is 2.33. The van der Waals surface area contributed by atoms with Crippen molar-refractivity contribution in [2.24, 2.45) is 10.7 Å². The number of rotatable bonds is 1. The zero-order valence-electron chi connectivity index (χ0n) is 8.33. The first-order valence-electron chi connectivity index (χ1n) is 4.17. The highest BCUT2D eigenvalue weighted by atomic mass is 35.5. The number of benzene rings is 1. The number of hydrogen-bond donors (Lipinski definition) is 2. The van der Waals surface area contributed by atoms with Gasteiger partial charge in [-0.3, -0.25) is 5.32 Å². The van der Waals surface area contributed by atoms with E-state index in [-0.39, 0.29) is 0 Å². The second-order valence-electron chi connectivity index (χ2n) is 2.68. The highest BCUT2D eigenvalue weighted by Gasteiger charge is 2.07. The van der Waals surface area contributed by atoms with Crippen LogP contribution in [0.25, 0.3) is 0 Å². The number of carbonyl (C=O) groups excluding carboxylic acids is 1. The van der Waals surface area contributed by atoms with E-state index in [1.807, 2.05) is 0 Å². The van der Waals surface area contributed by atoms with Crippen LogP contribution in [0.2, 0.25) is 10.0 Å². The molecule has 1 aromatic rings. The topological polar surface area (TPSA) is 67.5 Å². The van der Waals surface area contributed by atoms with E-state index in [9.17, 15) is 4.79 Å². The van der Waals surface area contributed by atoms with Gasteiger partial charge in [0.05, 0.1) is 10.0 Å². The third-order valence-electron chi connectivity index (χ3n) is 1.57. The van der Waals surface area contributed by atoms with E-state index in [0.717, 1.165) is 0 Å². The van der Waals surface area contributed by atoms with E-state index >= 15 is 0 Å². The van der Waals surface area contributed by atoms with Gasteiger partial charge >= 0.3 is 6.03 Å². The molecule has 7 heteroatoms. The fraction of sp³-hybridized carbons (Fsp3) is 0.111. The molecule has 0 aliphatic heterocycles. The number of hydrogen-bond acceptors (Lipinski definition) is 3. The molecule has 0 saturated heterocycles. The lowest BCUT2D eigenvalue weighted by Crippen LogP contribution is -2.33. The Morgan fingerprint density at radius 3 is 2.44 bits per heavy atom. The number of para-hydroxylation sites is 1. The second-order valence-corrected chi connectivity index (χ2v) is 4.29. The Morgan fingerprint density at radius 2 is 2.00 bits per heavy atom. The molecular formula is C9H9Cl2N3OS. The minimum Gasteiger partial charge on any atom is -0.351 e. The van der Waals surface area contributed by atoms with E-state index in [4.69, 9.17) is 28.9 Å². The number of thioether (sulfide) groups is 1. The summed E-state index contributed by atoms with van der Waals surface area (Å²) in [5.41, 5.74) is 5.39. The number of nitrogens with two attached hydrogens (primary N) is 1. The molecule has 3 N–H and O–H groups in total. The number of amidine groups is 1. The fourth-order valence-electron chi connectivity index (χ4n) is 0.927. The van der Waals surface area contributed by atoms with Crippen LogP contribution in [0.4, 0.5) is 10.5 Å². The van der Waals surface area contributed by atoms with Crippen molar-refractivity contribution in [2.75, 3.05) is 6.26 Å². The van der Waals surface area contributed by atoms with Crippen molar-refractivity contribution in [3.8, 4) is 0 Å². The van der Waals surface area contributed by atoms with Gasteiger partial charge in [-0.2, -0.15) is 0 Å². The molecule has 0 spiro atoms. The fourth-order valence-corrected chi connectivity index (χ4v) is 1.79. The standard InChI is InChI=1S/C9H9Cl2N3OS/c1-16-9(14-8(12)15)13-7-5(10)3-2-4-6(7)11/h2-4H,1H3,(H3,12,13,14,15). The van der Waals surface area contributed by atoms with Crippen LogP contribution in [0.1, 0.15) is 0 Å². The largest absolute Gasteiger partial charge is 0.351 e. The summed E-state index contributed by atoms with van der Waals surface area (Å²) in [6.45, 7) is 0. The van der Waals surface area contributed by atoms with E-state index in [0.29, 0.717) is 20.9 Å². The first kappa shape index (κ1) is 13.2. The molecular weight excluding hydrogens is 269 g/mol. The van der Waals surface area contributed by atoms with Gasteiger partial charge in [-0.25, -0.2) is 9.79 Å². The number of amides is 2. The Labute approximate surface area is 107 Å². The molecule has 2 amide bonds. The second kappa shape index (κ2) is 5.98. The summed E-state index contributed by atoms with van der Waals surface area (Å²) in [5.74, 6) is 0. The first-order chi connectivity index (χ1) is 7.54. The molecule has 0 unspecified atom stereocenters. The highest BCUT2D eigenvalue weighted by molar-refractivity contribution is 8.13. The van der Waals surface area contributed by atoms with Gasteiger partial charge in [0, 0.05) is 0 Å². The van der Waals surface area contributed by atoms with Gasteiger partial charge in [0.25, 0.3) is 0 Å². The maximum atomic E-state index is 10.7. The van der Waals surface area contributed by atoms with Gasteiger partial charge in [-0.1, -0.05) is 41.0 Å². The monoisotopic (exact) mass is 277 g/mol. The van der Waals surface area contributed by atoms with Crippen LogP contribution in [0.5, 0.6) is 0 Å². The summed E-state index contributed by atoms with van der Waals surface area (Å²) in [6.07, 6.45) is 1.75. The molecule has 0 aliphatic rings. The third kappa shape index (κ3) is 3.59. The molecule has 0 aliphatic carbocycles. The molecule has 1 rings (SSSR count). The molecule has 0 radical (unpaired) electrons. The van der Waals surface area contributed by atoms with E-state index in [2.05, 4.69) is 10.3 Å². The van der Waals surface area contributed by atoms with E-state index in [1.54, 1.807) is 24.5 Å². The van der Waals surface area contributed by atoms with Gasteiger partial charge in [0.15, 0.2) is 5.17 Å². The SMILES string of the molecule is CSC(=Nc1c(Cl)cccc1Cl)NC(N)=O. The molecule has 16 heavy (non-hydrogen) atoms. The molecule has 0 saturated carbocycles. The van der Waals surface area contributed by atoms with Crippen molar-refractivity contribution in [2.45, 2.75) is 0 Å². The molecule has 0 bridgehead atoms. The Kier molecular flexibility index (Phi) is 4.92. The molecule has 4 nitrogen and oxygen atoms in total. The Bertz CT molecular complexity index is 417. The lowest BCUT2D eigenvalue weighted by Gasteiger charge is -2.05. The number of nitrogens with one attached hydrogen (secondary N) is 1. The third-order valence-corrected chi connectivity index (χ3v) is 2.76. The number of urea groups is 1. The van der Waals surface area contributed by atoms with Crippen LogP contribution >= 0.6 is 35.0 Å². The molecule has 1 aromatic carbocycles. The normalized spacial score (nSPS) is 11.3. The van der Waals surface area contributed by atoms with Gasteiger partial charge in [0.2, 0.25) is 0 Å². The maximum absolute atomic E-state index is 10.7. The lowest BCUT2D eigenvalue weighted by molar-refractivity contribution is 0.253. The average molecular weight is 278 g/mol. The van der Waals surface area contributed by atoms with Crippen LogP contribution in [-0.4, -0.2) is 17.5 Å². The summed E-state index contributed by atoms with van der Waals surface area (Å²) in [4.78, 5) is 14.8. The van der Waals surface area contributed by atoms with Crippen LogP contribution in [-0.2, 0) is 0 Å². The Morgan fingerprint density at radius 1 is 1.44 bits per heavy atom. The number of nitrogens with zero attached hydrogens (tertiary/aromatic N) is 1. The first-order valence-corrected chi connectivity index (χ1v) is 6.16. The van der Waals surface area contributed by atoms with Gasteiger partial charge in [0.1, 0.15) is 5.69 Å². The Balaban J connectivity index is 3.08. The predicted octanol–water partition coefficient (Wildman–Crippen LogP) is 3.01. The smallest absolute Gasteiger partial charge is 0.318 e. The van der Waals surface area contributed by atoms with Gasteiger partial charge in [-0.05, 0) is 18.4 Å². The number of primary amides is 1. The average Bonchev–Trinajstić information content (AvgIpc) is 2.21. The summed E-state index contributed by atoms with van der Waals surface area (Å²) in [6, 6.07) is 4.35. The summed E-state index contributed by atoms with van der Waals surface area (Å²) in [7, 11) is 0. The Hall–Kier alpha value is -0.910. The van der Waals surface area contributed by atoms with Crippen LogP contribution in [0.3, 0.4) is 0 Å². The molecule has 0 atom stereocenters. The van der Waals surface area contributed by atoms with E-state index in [1.165, 1.54) is 11.8 Å². The number of carbonyl (C=O) groups is 1. The maximum Gasteiger partial charge on any atom is 0.318 e. The minimum atomic E-state index is -0.684. The zero-order chi connectivity index (χ0) is 12.1. The van der Waals surface area contributed by atoms with Crippen molar-refractivity contribution < 1.29 is 4.79 Å². The van der Waals surface area contributed by atoms with Crippen molar-refractivity contribution >= 4 is 51.8 Å².